The van der Waals surface area contributed by atoms with Crippen LogP contribution in [0.3, 0.4) is 0 Å². The van der Waals surface area contributed by atoms with Gasteiger partial charge in [-0.05, 0) is 81.8 Å². The van der Waals surface area contributed by atoms with Gasteiger partial charge in [0, 0.05) is 18.5 Å². The van der Waals surface area contributed by atoms with Crippen LogP contribution in [0.15, 0.2) is 40.4 Å². The lowest BCUT2D eigenvalue weighted by molar-refractivity contribution is -0.142. The van der Waals surface area contributed by atoms with E-state index in [-0.39, 0.29) is 18.6 Å². The van der Waals surface area contributed by atoms with E-state index in [1.807, 2.05) is 30.3 Å². The van der Waals surface area contributed by atoms with Gasteiger partial charge in [0.15, 0.2) is 0 Å². The number of rotatable bonds is 11. The van der Waals surface area contributed by atoms with Gasteiger partial charge < -0.3 is 19.7 Å². The third-order valence-corrected chi connectivity index (χ3v) is 7.58. The number of aromatic nitrogens is 4. The Morgan fingerprint density at radius 2 is 1.95 bits per heavy atom. The van der Waals surface area contributed by atoms with E-state index in [0.717, 1.165) is 17.7 Å². The summed E-state index contributed by atoms with van der Waals surface area (Å²) in [6, 6.07) is 7.64. The summed E-state index contributed by atoms with van der Waals surface area (Å²) in [5.41, 5.74) is -0.721. The van der Waals surface area contributed by atoms with Gasteiger partial charge >= 0.3 is 6.09 Å². The lowest BCUT2D eigenvalue weighted by Crippen LogP contribution is -2.59. The van der Waals surface area contributed by atoms with Crippen LogP contribution < -0.4 is 5.32 Å². The first kappa shape index (κ1) is 31.9. The number of carbonyl (C=O) groups is 3. The fourth-order valence-corrected chi connectivity index (χ4v) is 5.07. The molecule has 0 saturated carbocycles. The van der Waals surface area contributed by atoms with E-state index in [4.69, 9.17) is 15.9 Å². The standard InChI is InChI=1S/C28H39N7O5S/c1-8-17-39-20(3)23(29-24(36)19(2)33(7)27(38)40-28(4,5)6)25(37)34-16-12-13-21(34)18-35-26(30-31-32-35)41-22-14-10-9-11-15-22/h1,9-11,14-15,19-21,23H,12-13,16-18H2,2-7H3,(H,29,36)/t19-,20?,21-,23-/m0/s1. The van der Waals surface area contributed by atoms with Gasteiger partial charge in [0.2, 0.25) is 17.0 Å². The van der Waals surface area contributed by atoms with Crippen LogP contribution in [0.5, 0.6) is 0 Å². The second-order valence-electron chi connectivity index (χ2n) is 10.9. The summed E-state index contributed by atoms with van der Waals surface area (Å²) in [7, 11) is 1.47. The first-order valence-corrected chi connectivity index (χ1v) is 14.3. The largest absolute Gasteiger partial charge is 0.444 e. The molecule has 1 N–H and O–H groups in total. The number of carbonyl (C=O) groups excluding carboxylic acids is 3. The van der Waals surface area contributed by atoms with Crippen LogP contribution in [0.25, 0.3) is 0 Å². The molecule has 1 aromatic heterocycles. The SMILES string of the molecule is C#CCOC(C)[C@H](NC(=O)[C@H](C)N(C)C(=O)OC(C)(C)C)C(=O)N1CCC[C@H]1Cn1nnnc1Sc1ccccc1. The molecule has 0 aliphatic carbocycles. The first-order valence-electron chi connectivity index (χ1n) is 13.5. The van der Waals surface area contributed by atoms with Crippen molar-refractivity contribution in [1.29, 1.82) is 0 Å². The monoisotopic (exact) mass is 585 g/mol. The highest BCUT2D eigenvalue weighted by atomic mass is 32.2. The summed E-state index contributed by atoms with van der Waals surface area (Å²) >= 11 is 1.44. The fraction of sp³-hybridized carbons (Fsp3) is 0.571. The van der Waals surface area contributed by atoms with Crippen molar-refractivity contribution in [2.75, 3.05) is 20.2 Å². The molecule has 1 unspecified atom stereocenters. The highest BCUT2D eigenvalue weighted by molar-refractivity contribution is 7.99. The number of terminal acetylenes is 1. The number of nitrogens with one attached hydrogen (secondary N) is 1. The second kappa shape index (κ2) is 14.3. The number of benzene rings is 1. The van der Waals surface area contributed by atoms with E-state index >= 15 is 0 Å². The molecular weight excluding hydrogens is 546 g/mol. The van der Waals surface area contributed by atoms with Crippen LogP contribution in [0.2, 0.25) is 0 Å². The average Bonchev–Trinajstić information content (AvgIpc) is 3.58. The number of hydrogen-bond donors (Lipinski definition) is 1. The smallest absolute Gasteiger partial charge is 0.410 e. The summed E-state index contributed by atoms with van der Waals surface area (Å²) in [5, 5.41) is 15.6. The van der Waals surface area contributed by atoms with E-state index < -0.39 is 35.8 Å². The quantitative estimate of drug-likeness (QED) is 0.395. The van der Waals surface area contributed by atoms with Gasteiger partial charge in [0.25, 0.3) is 0 Å². The Labute approximate surface area is 245 Å². The van der Waals surface area contributed by atoms with Gasteiger partial charge in [-0.1, -0.05) is 24.1 Å². The number of hydrogen-bond acceptors (Lipinski definition) is 9. The highest BCUT2D eigenvalue weighted by Gasteiger charge is 2.39. The van der Waals surface area contributed by atoms with Crippen molar-refractivity contribution >= 4 is 29.7 Å². The normalized spacial score (nSPS) is 17.3. The Bertz CT molecular complexity index is 1230. The van der Waals surface area contributed by atoms with Gasteiger partial charge in [0.05, 0.1) is 18.7 Å². The van der Waals surface area contributed by atoms with Crippen LogP contribution in [0, 0.1) is 12.3 Å². The van der Waals surface area contributed by atoms with Crippen LogP contribution in [-0.4, -0.2) is 97.9 Å². The zero-order valence-electron chi connectivity index (χ0n) is 24.4. The summed E-state index contributed by atoms with van der Waals surface area (Å²) < 4.78 is 12.7. The number of ether oxygens (including phenoxy) is 2. The molecule has 3 rings (SSSR count). The molecule has 13 heteroatoms. The summed E-state index contributed by atoms with van der Waals surface area (Å²) in [6.07, 6.45) is 5.54. The van der Waals surface area contributed by atoms with Crippen molar-refractivity contribution < 1.29 is 23.9 Å². The van der Waals surface area contributed by atoms with E-state index in [1.54, 1.807) is 44.2 Å². The Balaban J connectivity index is 1.74. The number of likely N-dealkylation sites (tertiary alicyclic amines) is 1. The maximum absolute atomic E-state index is 13.9. The molecule has 0 bridgehead atoms. The molecule has 0 radical (unpaired) electrons. The number of nitrogens with zero attached hydrogens (tertiary/aromatic N) is 6. The lowest BCUT2D eigenvalue weighted by Gasteiger charge is -2.33. The van der Waals surface area contributed by atoms with E-state index in [9.17, 15) is 14.4 Å². The van der Waals surface area contributed by atoms with E-state index in [1.165, 1.54) is 23.7 Å². The van der Waals surface area contributed by atoms with Crippen LogP contribution in [0.4, 0.5) is 4.79 Å². The molecule has 3 amide bonds. The Morgan fingerprint density at radius 1 is 1.24 bits per heavy atom. The fourth-order valence-electron chi connectivity index (χ4n) is 4.27. The van der Waals surface area contributed by atoms with E-state index in [0.29, 0.717) is 18.2 Å². The first-order chi connectivity index (χ1) is 19.4. The molecule has 12 nitrogen and oxygen atoms in total. The van der Waals surface area contributed by atoms with Gasteiger partial charge in [-0.2, -0.15) is 0 Å². The zero-order chi connectivity index (χ0) is 30.2. The van der Waals surface area contributed by atoms with Crippen molar-refractivity contribution in [3.63, 3.8) is 0 Å². The molecule has 222 valence electrons. The van der Waals surface area contributed by atoms with Crippen molar-refractivity contribution in [2.45, 2.75) is 93.9 Å². The van der Waals surface area contributed by atoms with E-state index in [2.05, 4.69) is 26.8 Å². The minimum Gasteiger partial charge on any atom is -0.444 e. The number of amides is 3. The summed E-state index contributed by atoms with van der Waals surface area (Å²) in [6.45, 7) is 9.36. The molecule has 2 aromatic rings. The summed E-state index contributed by atoms with van der Waals surface area (Å²) in [5.74, 6) is 1.57. The van der Waals surface area contributed by atoms with Gasteiger partial charge in [-0.3, -0.25) is 14.5 Å². The topological polar surface area (TPSA) is 132 Å². The third kappa shape index (κ3) is 8.93. The Morgan fingerprint density at radius 3 is 2.61 bits per heavy atom. The van der Waals surface area contributed by atoms with Gasteiger partial charge in [-0.15, -0.1) is 11.5 Å². The maximum Gasteiger partial charge on any atom is 0.410 e. The zero-order valence-corrected chi connectivity index (χ0v) is 25.3. The van der Waals surface area contributed by atoms with Crippen molar-refractivity contribution in [3.05, 3.63) is 30.3 Å². The minimum absolute atomic E-state index is 0.0255. The second-order valence-corrected chi connectivity index (χ2v) is 11.9. The van der Waals surface area contributed by atoms with Crippen LogP contribution in [0.1, 0.15) is 47.5 Å². The molecule has 0 spiro atoms. The molecule has 1 fully saturated rings. The molecule has 2 heterocycles. The van der Waals surface area contributed by atoms with Gasteiger partial charge in [-0.25, -0.2) is 9.48 Å². The Hall–Kier alpha value is -3.63. The molecule has 1 saturated heterocycles. The van der Waals surface area contributed by atoms with Crippen LogP contribution in [-0.2, 0) is 25.6 Å². The molecule has 1 aliphatic rings. The third-order valence-electron chi connectivity index (χ3n) is 6.60. The minimum atomic E-state index is -1.03. The predicted octanol–water partition coefficient (Wildman–Crippen LogP) is 2.59. The van der Waals surface area contributed by atoms with Crippen molar-refractivity contribution in [2.24, 2.45) is 0 Å². The highest BCUT2D eigenvalue weighted by Crippen LogP contribution is 2.27. The van der Waals surface area contributed by atoms with Gasteiger partial charge in [0.1, 0.15) is 24.3 Å². The molecule has 1 aliphatic heterocycles. The molecule has 1 aromatic carbocycles. The predicted molar refractivity (Wildman–Crippen MR) is 153 cm³/mol. The molecular formula is C28H39N7O5S. The van der Waals surface area contributed by atoms with Crippen molar-refractivity contribution in [3.8, 4) is 12.3 Å². The Kier molecular flexibility index (Phi) is 11.1. The lowest BCUT2D eigenvalue weighted by atomic mass is 10.1. The number of tetrazole rings is 1. The maximum atomic E-state index is 13.9. The molecule has 41 heavy (non-hydrogen) atoms. The van der Waals surface area contributed by atoms with Crippen LogP contribution >= 0.6 is 11.8 Å². The number of likely N-dealkylation sites (N-methyl/N-ethyl adjacent to an activating group) is 1. The van der Waals surface area contributed by atoms with Crippen molar-refractivity contribution in [1.82, 2.24) is 35.3 Å². The molecule has 4 atom stereocenters. The summed E-state index contributed by atoms with van der Waals surface area (Å²) in [4.78, 5) is 43.6. The average molecular weight is 586 g/mol.